The first-order valence-corrected chi connectivity index (χ1v) is 6.29. The van der Waals surface area contributed by atoms with Crippen LogP contribution in [0.5, 0.6) is 0 Å². The Morgan fingerprint density at radius 2 is 2.28 bits per heavy atom. The van der Waals surface area contributed by atoms with Crippen molar-refractivity contribution in [3.05, 3.63) is 0 Å². The van der Waals surface area contributed by atoms with Crippen LogP contribution in [-0.4, -0.2) is 54.6 Å². The van der Waals surface area contributed by atoms with Crippen molar-refractivity contribution in [2.75, 3.05) is 26.2 Å². The SMILES string of the molecule is CC(=O)CN1CCN[C@@H](CCCN=C(C)N)C1=O. The lowest BCUT2D eigenvalue weighted by Gasteiger charge is -2.32. The fraction of sp³-hybridized carbons (Fsp3) is 0.750. The number of nitrogens with zero attached hydrogens (tertiary/aromatic N) is 2. The van der Waals surface area contributed by atoms with Crippen LogP contribution in [0.25, 0.3) is 0 Å². The predicted molar refractivity (Wildman–Crippen MR) is 70.4 cm³/mol. The van der Waals surface area contributed by atoms with Gasteiger partial charge in [-0.05, 0) is 26.7 Å². The van der Waals surface area contributed by atoms with Crippen molar-refractivity contribution in [2.24, 2.45) is 10.7 Å². The summed E-state index contributed by atoms with van der Waals surface area (Å²) in [6.45, 7) is 5.46. The van der Waals surface area contributed by atoms with Crippen LogP contribution in [0.1, 0.15) is 26.7 Å². The maximum atomic E-state index is 12.0. The summed E-state index contributed by atoms with van der Waals surface area (Å²) in [6, 6.07) is -0.189. The highest BCUT2D eigenvalue weighted by molar-refractivity contribution is 5.88. The molecule has 102 valence electrons. The third-order valence-electron chi connectivity index (χ3n) is 2.81. The maximum absolute atomic E-state index is 12.0. The lowest BCUT2D eigenvalue weighted by molar-refractivity contribution is -0.138. The van der Waals surface area contributed by atoms with E-state index in [1.165, 1.54) is 6.92 Å². The van der Waals surface area contributed by atoms with E-state index in [1.54, 1.807) is 11.8 Å². The van der Waals surface area contributed by atoms with E-state index in [1.807, 2.05) is 0 Å². The monoisotopic (exact) mass is 254 g/mol. The summed E-state index contributed by atoms with van der Waals surface area (Å²) in [5.41, 5.74) is 5.44. The van der Waals surface area contributed by atoms with E-state index in [0.717, 1.165) is 19.4 Å². The summed E-state index contributed by atoms with van der Waals surface area (Å²) in [5.74, 6) is 0.605. The second kappa shape index (κ2) is 7.10. The first kappa shape index (κ1) is 14.6. The number of rotatable bonds is 6. The van der Waals surface area contributed by atoms with Gasteiger partial charge in [-0.25, -0.2) is 0 Å². The zero-order valence-corrected chi connectivity index (χ0v) is 11.1. The zero-order valence-electron chi connectivity index (χ0n) is 11.1. The number of nitrogens with two attached hydrogens (primary N) is 1. The van der Waals surface area contributed by atoms with Crippen LogP contribution in [0.2, 0.25) is 0 Å². The van der Waals surface area contributed by atoms with Gasteiger partial charge in [-0.1, -0.05) is 0 Å². The number of carbonyl (C=O) groups excluding carboxylic acids is 2. The maximum Gasteiger partial charge on any atom is 0.240 e. The van der Waals surface area contributed by atoms with Gasteiger partial charge in [-0.2, -0.15) is 0 Å². The average Bonchev–Trinajstić information content (AvgIpc) is 2.28. The molecule has 18 heavy (non-hydrogen) atoms. The molecule has 1 aliphatic heterocycles. The standard InChI is InChI=1S/C12H22N4O2/c1-9(17)8-16-7-6-15-11(12(16)18)4-3-5-14-10(2)13/h11,15H,3-8H2,1-2H3,(H2,13,14)/t11-/m0/s1. The van der Waals surface area contributed by atoms with Gasteiger partial charge in [-0.15, -0.1) is 0 Å². The molecule has 1 atom stereocenters. The molecule has 1 fully saturated rings. The van der Waals surface area contributed by atoms with E-state index in [0.29, 0.717) is 18.9 Å². The minimum absolute atomic E-state index is 0.0184. The van der Waals surface area contributed by atoms with Crippen LogP contribution in [-0.2, 0) is 9.59 Å². The average molecular weight is 254 g/mol. The molecule has 0 spiro atoms. The van der Waals surface area contributed by atoms with E-state index in [9.17, 15) is 9.59 Å². The number of carbonyl (C=O) groups is 2. The molecule has 1 aliphatic rings. The Hall–Kier alpha value is -1.43. The number of hydrogen-bond donors (Lipinski definition) is 2. The van der Waals surface area contributed by atoms with Gasteiger partial charge in [0.05, 0.1) is 18.4 Å². The molecule has 0 aromatic rings. The summed E-state index contributed by atoms with van der Waals surface area (Å²) < 4.78 is 0. The van der Waals surface area contributed by atoms with Gasteiger partial charge in [-0.3, -0.25) is 14.6 Å². The summed E-state index contributed by atoms with van der Waals surface area (Å²) in [5, 5.41) is 3.18. The Morgan fingerprint density at radius 1 is 1.56 bits per heavy atom. The largest absolute Gasteiger partial charge is 0.388 e. The normalized spacial score (nSPS) is 21.2. The minimum Gasteiger partial charge on any atom is -0.388 e. The number of nitrogens with one attached hydrogen (secondary N) is 1. The Labute approximate surface area is 108 Å². The van der Waals surface area contributed by atoms with Crippen LogP contribution < -0.4 is 11.1 Å². The fourth-order valence-corrected chi connectivity index (χ4v) is 1.99. The number of hydrogen-bond acceptors (Lipinski definition) is 4. The van der Waals surface area contributed by atoms with Crippen LogP contribution >= 0.6 is 0 Å². The Balaban J connectivity index is 2.38. The number of Topliss-reactive ketones (excluding diaryl/α,β-unsaturated/α-hetero) is 1. The fourth-order valence-electron chi connectivity index (χ4n) is 1.99. The molecule has 0 aromatic carbocycles. The number of ketones is 1. The smallest absolute Gasteiger partial charge is 0.240 e. The highest BCUT2D eigenvalue weighted by atomic mass is 16.2. The van der Waals surface area contributed by atoms with Gasteiger partial charge < -0.3 is 16.0 Å². The Morgan fingerprint density at radius 3 is 2.89 bits per heavy atom. The van der Waals surface area contributed by atoms with Gasteiger partial charge >= 0.3 is 0 Å². The Kier molecular flexibility index (Phi) is 5.77. The summed E-state index contributed by atoms with van der Waals surface area (Å²) in [7, 11) is 0. The van der Waals surface area contributed by atoms with E-state index in [-0.39, 0.29) is 24.3 Å². The van der Waals surface area contributed by atoms with Crippen LogP contribution in [0, 0.1) is 0 Å². The third kappa shape index (κ3) is 4.83. The minimum atomic E-state index is -0.189. The van der Waals surface area contributed by atoms with E-state index < -0.39 is 0 Å². The molecule has 1 heterocycles. The predicted octanol–water partition coefficient (Wildman–Crippen LogP) is -0.467. The molecule has 0 aromatic heterocycles. The molecule has 1 rings (SSSR count). The van der Waals surface area contributed by atoms with Gasteiger partial charge in [0.15, 0.2) is 0 Å². The molecule has 0 bridgehead atoms. The van der Waals surface area contributed by atoms with Gasteiger partial charge in [0.1, 0.15) is 5.78 Å². The van der Waals surface area contributed by atoms with Gasteiger partial charge in [0, 0.05) is 19.6 Å². The number of aliphatic imine (C=N–C) groups is 1. The molecule has 0 radical (unpaired) electrons. The van der Waals surface area contributed by atoms with Crippen LogP contribution in [0.4, 0.5) is 0 Å². The first-order valence-electron chi connectivity index (χ1n) is 6.29. The van der Waals surface area contributed by atoms with E-state index >= 15 is 0 Å². The Bertz CT molecular complexity index is 337. The van der Waals surface area contributed by atoms with Crippen LogP contribution in [0.3, 0.4) is 0 Å². The van der Waals surface area contributed by atoms with Crippen molar-refractivity contribution in [2.45, 2.75) is 32.7 Å². The van der Waals surface area contributed by atoms with Crippen molar-refractivity contribution in [1.29, 1.82) is 0 Å². The lowest BCUT2D eigenvalue weighted by atomic mass is 10.1. The summed E-state index contributed by atoms with van der Waals surface area (Å²) in [6.07, 6.45) is 1.54. The molecule has 1 saturated heterocycles. The molecule has 6 nitrogen and oxygen atoms in total. The number of amidine groups is 1. The molecular formula is C12H22N4O2. The quantitative estimate of drug-likeness (QED) is 0.381. The van der Waals surface area contributed by atoms with Crippen LogP contribution in [0.15, 0.2) is 4.99 Å². The van der Waals surface area contributed by atoms with Crippen molar-refractivity contribution in [3.63, 3.8) is 0 Å². The highest BCUT2D eigenvalue weighted by Gasteiger charge is 2.28. The molecule has 0 aliphatic carbocycles. The van der Waals surface area contributed by atoms with Crippen molar-refractivity contribution in [3.8, 4) is 0 Å². The number of amides is 1. The van der Waals surface area contributed by atoms with Crippen molar-refractivity contribution in [1.82, 2.24) is 10.2 Å². The lowest BCUT2D eigenvalue weighted by Crippen LogP contribution is -2.55. The number of piperazine rings is 1. The van der Waals surface area contributed by atoms with Crippen molar-refractivity contribution >= 4 is 17.5 Å². The first-order chi connectivity index (χ1) is 8.50. The second-order valence-corrected chi connectivity index (χ2v) is 4.63. The summed E-state index contributed by atoms with van der Waals surface area (Å²) in [4.78, 5) is 28.8. The molecule has 1 amide bonds. The van der Waals surface area contributed by atoms with Gasteiger partial charge in [0.25, 0.3) is 0 Å². The summed E-state index contributed by atoms with van der Waals surface area (Å²) >= 11 is 0. The topological polar surface area (TPSA) is 87.8 Å². The molecule has 6 heteroatoms. The van der Waals surface area contributed by atoms with Gasteiger partial charge in [0.2, 0.25) is 5.91 Å². The molecular weight excluding hydrogens is 232 g/mol. The highest BCUT2D eigenvalue weighted by Crippen LogP contribution is 2.07. The van der Waals surface area contributed by atoms with E-state index in [4.69, 9.17) is 5.73 Å². The third-order valence-corrected chi connectivity index (χ3v) is 2.81. The molecule has 0 saturated carbocycles. The molecule has 0 unspecified atom stereocenters. The van der Waals surface area contributed by atoms with Crippen molar-refractivity contribution < 1.29 is 9.59 Å². The van der Waals surface area contributed by atoms with E-state index in [2.05, 4.69) is 10.3 Å². The second-order valence-electron chi connectivity index (χ2n) is 4.63. The molecule has 3 N–H and O–H groups in total. The zero-order chi connectivity index (χ0) is 13.5.